The third-order valence-corrected chi connectivity index (χ3v) is 5.26. The maximum Gasteiger partial charge on any atom is 0.262 e. The Hall–Kier alpha value is -0.490. The third kappa shape index (κ3) is 3.79. The molecule has 1 saturated carbocycles. The van der Waals surface area contributed by atoms with Gasteiger partial charge in [-0.05, 0) is 24.5 Å². The van der Waals surface area contributed by atoms with Gasteiger partial charge in [0.15, 0.2) is 0 Å². The quantitative estimate of drug-likeness (QED) is 0.822. The Morgan fingerprint density at radius 3 is 2.50 bits per heavy atom. The molecule has 0 heterocycles. The van der Waals surface area contributed by atoms with Crippen LogP contribution in [0.15, 0.2) is 17.0 Å². The van der Waals surface area contributed by atoms with E-state index in [1.807, 2.05) is 0 Å². The molecule has 0 aromatic heterocycles. The molecule has 110 valence electrons. The van der Waals surface area contributed by atoms with Gasteiger partial charge in [-0.1, -0.05) is 36.0 Å². The van der Waals surface area contributed by atoms with Crippen LogP contribution in [-0.4, -0.2) is 20.9 Å². The van der Waals surface area contributed by atoms with Crippen molar-refractivity contribution in [3.63, 3.8) is 0 Å². The standard InChI is InChI=1S/C12H12Cl3NO3S/c13-8-3-4-9(20(15,18)19)11(14)10(8)12(17)16-6-5-7-1-2-7/h3-4,7H,1-2,5-6H2,(H,16,17). The van der Waals surface area contributed by atoms with E-state index in [9.17, 15) is 13.2 Å². The molecule has 0 atom stereocenters. The van der Waals surface area contributed by atoms with Gasteiger partial charge >= 0.3 is 0 Å². The highest BCUT2D eigenvalue weighted by molar-refractivity contribution is 8.13. The molecule has 0 spiro atoms. The normalized spacial score (nSPS) is 15.2. The fraction of sp³-hybridized carbons (Fsp3) is 0.417. The lowest BCUT2D eigenvalue weighted by Crippen LogP contribution is -2.25. The van der Waals surface area contributed by atoms with Gasteiger partial charge < -0.3 is 5.32 Å². The zero-order valence-electron chi connectivity index (χ0n) is 10.3. The van der Waals surface area contributed by atoms with E-state index in [1.54, 1.807) is 0 Å². The van der Waals surface area contributed by atoms with E-state index in [0.29, 0.717) is 12.5 Å². The van der Waals surface area contributed by atoms with Crippen molar-refractivity contribution in [1.29, 1.82) is 0 Å². The Bertz CT molecular complexity index is 642. The van der Waals surface area contributed by atoms with Crippen molar-refractivity contribution in [3.05, 3.63) is 27.7 Å². The average Bonchev–Trinajstić information content (AvgIpc) is 3.11. The summed E-state index contributed by atoms with van der Waals surface area (Å²) in [6, 6.07) is 2.46. The number of benzene rings is 1. The molecule has 20 heavy (non-hydrogen) atoms. The van der Waals surface area contributed by atoms with E-state index < -0.39 is 15.0 Å². The summed E-state index contributed by atoms with van der Waals surface area (Å²) in [5.41, 5.74) is -0.0640. The first-order valence-corrected chi connectivity index (χ1v) is 9.08. The van der Waals surface area contributed by atoms with Crippen molar-refractivity contribution in [2.45, 2.75) is 24.2 Å². The Kier molecular flexibility index (Phi) is 4.84. The molecule has 0 saturated heterocycles. The van der Waals surface area contributed by atoms with Crippen LogP contribution in [-0.2, 0) is 9.05 Å². The van der Waals surface area contributed by atoms with Crippen molar-refractivity contribution < 1.29 is 13.2 Å². The number of halogens is 3. The van der Waals surface area contributed by atoms with Crippen LogP contribution in [0.3, 0.4) is 0 Å². The average molecular weight is 357 g/mol. The summed E-state index contributed by atoms with van der Waals surface area (Å²) in [6.45, 7) is 0.508. The summed E-state index contributed by atoms with van der Waals surface area (Å²) in [4.78, 5) is 11.7. The molecule has 1 aliphatic rings. The second kappa shape index (κ2) is 6.10. The first-order chi connectivity index (χ1) is 9.30. The maximum absolute atomic E-state index is 12.0. The molecule has 0 aliphatic heterocycles. The highest BCUT2D eigenvalue weighted by Crippen LogP contribution is 2.33. The van der Waals surface area contributed by atoms with Gasteiger partial charge in [0.05, 0.1) is 15.6 Å². The zero-order chi connectivity index (χ0) is 14.9. The molecular formula is C12H12Cl3NO3S. The fourth-order valence-electron chi connectivity index (χ4n) is 1.81. The molecule has 1 aromatic rings. The van der Waals surface area contributed by atoms with Crippen LogP contribution < -0.4 is 5.32 Å². The summed E-state index contributed by atoms with van der Waals surface area (Å²) in [7, 11) is 1.23. The van der Waals surface area contributed by atoms with E-state index >= 15 is 0 Å². The van der Waals surface area contributed by atoms with Crippen LogP contribution in [0.5, 0.6) is 0 Å². The lowest BCUT2D eigenvalue weighted by atomic mass is 10.2. The second-order valence-corrected chi connectivity index (χ2v) is 7.98. The largest absolute Gasteiger partial charge is 0.352 e. The molecule has 1 N–H and O–H groups in total. The Morgan fingerprint density at radius 2 is 1.95 bits per heavy atom. The van der Waals surface area contributed by atoms with Gasteiger partial charge in [-0.15, -0.1) is 0 Å². The van der Waals surface area contributed by atoms with Crippen molar-refractivity contribution in [2.75, 3.05) is 6.54 Å². The van der Waals surface area contributed by atoms with Gasteiger partial charge in [0.1, 0.15) is 4.90 Å². The summed E-state index contributed by atoms with van der Waals surface area (Å²) in [5, 5.41) is 2.52. The Balaban J connectivity index is 2.22. The highest BCUT2D eigenvalue weighted by atomic mass is 35.7. The molecule has 1 fully saturated rings. The highest BCUT2D eigenvalue weighted by Gasteiger charge is 2.24. The summed E-state index contributed by atoms with van der Waals surface area (Å²) in [5.74, 6) is 0.179. The molecule has 1 amide bonds. The Morgan fingerprint density at radius 1 is 1.30 bits per heavy atom. The minimum absolute atomic E-state index is 0.0640. The van der Waals surface area contributed by atoms with E-state index in [2.05, 4.69) is 5.32 Å². The fourth-order valence-corrected chi connectivity index (χ4v) is 3.71. The number of rotatable bonds is 5. The van der Waals surface area contributed by atoms with Gasteiger partial charge in [0.25, 0.3) is 15.0 Å². The van der Waals surface area contributed by atoms with Crippen molar-refractivity contribution in [3.8, 4) is 0 Å². The Labute approximate surface area is 131 Å². The van der Waals surface area contributed by atoms with Crippen LogP contribution in [0.25, 0.3) is 0 Å². The number of hydrogen-bond donors (Lipinski definition) is 1. The van der Waals surface area contributed by atoms with Crippen molar-refractivity contribution >= 4 is 48.8 Å². The first kappa shape index (κ1) is 15.9. The van der Waals surface area contributed by atoms with E-state index in [0.717, 1.165) is 6.42 Å². The molecule has 0 radical (unpaired) electrons. The number of amides is 1. The van der Waals surface area contributed by atoms with Gasteiger partial charge in [0.2, 0.25) is 0 Å². The third-order valence-electron chi connectivity index (χ3n) is 3.08. The van der Waals surface area contributed by atoms with Crippen LogP contribution in [0.2, 0.25) is 10.0 Å². The molecule has 0 unspecified atom stereocenters. The molecule has 1 aliphatic carbocycles. The molecule has 2 rings (SSSR count). The SMILES string of the molecule is O=C(NCCC1CC1)c1c(Cl)ccc(S(=O)(=O)Cl)c1Cl. The predicted molar refractivity (Wildman–Crippen MR) is 79.2 cm³/mol. The van der Waals surface area contributed by atoms with E-state index in [1.165, 1.54) is 25.0 Å². The predicted octanol–water partition coefficient (Wildman–Crippen LogP) is 3.45. The number of nitrogens with one attached hydrogen (secondary N) is 1. The molecule has 8 heteroatoms. The summed E-state index contributed by atoms with van der Waals surface area (Å²) >= 11 is 11.9. The van der Waals surface area contributed by atoms with Crippen LogP contribution in [0.4, 0.5) is 0 Å². The topological polar surface area (TPSA) is 63.2 Å². The van der Waals surface area contributed by atoms with Gasteiger partial charge in [-0.2, -0.15) is 0 Å². The molecule has 4 nitrogen and oxygen atoms in total. The molecule has 0 bridgehead atoms. The second-order valence-electron chi connectivity index (χ2n) is 4.66. The lowest BCUT2D eigenvalue weighted by molar-refractivity contribution is 0.0953. The monoisotopic (exact) mass is 355 g/mol. The van der Waals surface area contributed by atoms with Crippen LogP contribution in [0, 0.1) is 5.92 Å². The zero-order valence-corrected chi connectivity index (χ0v) is 13.4. The molecular weight excluding hydrogens is 345 g/mol. The van der Waals surface area contributed by atoms with Crippen LogP contribution >= 0.6 is 33.9 Å². The number of hydrogen-bond acceptors (Lipinski definition) is 3. The minimum Gasteiger partial charge on any atom is -0.352 e. The van der Waals surface area contributed by atoms with Crippen molar-refractivity contribution in [2.24, 2.45) is 5.92 Å². The first-order valence-electron chi connectivity index (χ1n) is 6.01. The van der Waals surface area contributed by atoms with Crippen LogP contribution in [0.1, 0.15) is 29.6 Å². The van der Waals surface area contributed by atoms with Crippen molar-refractivity contribution in [1.82, 2.24) is 5.32 Å². The number of carbonyl (C=O) groups is 1. The summed E-state index contributed by atoms with van der Waals surface area (Å²) in [6.07, 6.45) is 3.28. The van der Waals surface area contributed by atoms with Gasteiger partial charge in [-0.3, -0.25) is 4.79 Å². The lowest BCUT2D eigenvalue weighted by Gasteiger charge is -2.10. The van der Waals surface area contributed by atoms with Gasteiger partial charge in [-0.25, -0.2) is 8.42 Å². The van der Waals surface area contributed by atoms with E-state index in [-0.39, 0.29) is 20.5 Å². The smallest absolute Gasteiger partial charge is 0.262 e. The maximum atomic E-state index is 12.0. The van der Waals surface area contributed by atoms with E-state index in [4.69, 9.17) is 33.9 Å². The number of carbonyl (C=O) groups excluding carboxylic acids is 1. The minimum atomic E-state index is -4.03. The molecule has 1 aromatic carbocycles. The summed E-state index contributed by atoms with van der Waals surface area (Å²) < 4.78 is 22.7. The van der Waals surface area contributed by atoms with Gasteiger partial charge in [0, 0.05) is 17.2 Å².